The van der Waals surface area contributed by atoms with E-state index >= 15 is 0 Å². The SMILES string of the molecule is COc1ccc(C)cc1C(=O)N1CCCC[C@H]1c1cc2nc(C3CC[C@H](N)C3)c(C)cn2n1. The summed E-state index contributed by atoms with van der Waals surface area (Å²) in [6, 6.07) is 8.01. The largest absolute Gasteiger partial charge is 0.496 e. The van der Waals surface area contributed by atoms with Crippen LogP contribution >= 0.6 is 0 Å². The van der Waals surface area contributed by atoms with Crippen LogP contribution in [0, 0.1) is 13.8 Å². The number of benzene rings is 1. The summed E-state index contributed by atoms with van der Waals surface area (Å²) < 4.78 is 7.37. The van der Waals surface area contributed by atoms with E-state index in [9.17, 15) is 4.79 Å². The molecule has 0 bridgehead atoms. The van der Waals surface area contributed by atoms with Gasteiger partial charge in [-0.05, 0) is 70.1 Å². The molecule has 1 amide bonds. The second-order valence-corrected chi connectivity index (χ2v) is 9.67. The number of carbonyl (C=O) groups is 1. The van der Waals surface area contributed by atoms with Gasteiger partial charge < -0.3 is 15.4 Å². The Balaban J connectivity index is 1.48. The Kier molecular flexibility index (Phi) is 5.83. The zero-order valence-corrected chi connectivity index (χ0v) is 19.8. The molecule has 2 N–H and O–H groups in total. The van der Waals surface area contributed by atoms with Crippen molar-refractivity contribution in [2.24, 2.45) is 5.73 Å². The zero-order chi connectivity index (χ0) is 23.1. The van der Waals surface area contributed by atoms with Gasteiger partial charge >= 0.3 is 0 Å². The van der Waals surface area contributed by atoms with Crippen molar-refractivity contribution in [2.75, 3.05) is 13.7 Å². The van der Waals surface area contributed by atoms with Gasteiger partial charge in [-0.15, -0.1) is 0 Å². The van der Waals surface area contributed by atoms with Crippen molar-refractivity contribution in [2.45, 2.75) is 70.4 Å². The van der Waals surface area contributed by atoms with Crippen LogP contribution < -0.4 is 10.5 Å². The third-order valence-electron chi connectivity index (χ3n) is 7.24. The van der Waals surface area contributed by atoms with E-state index in [1.165, 1.54) is 0 Å². The highest BCUT2D eigenvalue weighted by molar-refractivity contribution is 5.97. The standard InChI is InChI=1S/C26H33N5O2/c1-16-7-10-23(33-3)20(12-16)26(32)30-11-5-4-6-22(30)21-14-24-28-25(17(2)15-31(24)29-21)18-8-9-19(27)13-18/h7,10,12,14-15,18-19,22H,4-6,8-9,11,13,27H2,1-3H3/t18?,19-,22-/m0/s1. The molecule has 1 unspecified atom stereocenters. The first-order valence-electron chi connectivity index (χ1n) is 12.0. The molecule has 174 valence electrons. The summed E-state index contributed by atoms with van der Waals surface area (Å²) in [5, 5.41) is 4.87. The number of nitrogens with zero attached hydrogens (tertiary/aromatic N) is 4. The summed E-state index contributed by atoms with van der Waals surface area (Å²) in [5.41, 5.74) is 11.9. The Hall–Kier alpha value is -2.93. The highest BCUT2D eigenvalue weighted by atomic mass is 16.5. The number of hydrogen-bond acceptors (Lipinski definition) is 5. The lowest BCUT2D eigenvalue weighted by molar-refractivity contribution is 0.0602. The van der Waals surface area contributed by atoms with Crippen molar-refractivity contribution < 1.29 is 9.53 Å². The van der Waals surface area contributed by atoms with Gasteiger partial charge in [0.2, 0.25) is 0 Å². The minimum absolute atomic E-state index is 0.00192. The number of ether oxygens (including phenoxy) is 1. The molecule has 5 rings (SSSR count). The molecule has 1 aliphatic carbocycles. The average molecular weight is 448 g/mol. The number of methoxy groups -OCH3 is 1. The van der Waals surface area contributed by atoms with E-state index < -0.39 is 0 Å². The Morgan fingerprint density at radius 3 is 2.76 bits per heavy atom. The molecule has 0 radical (unpaired) electrons. The van der Waals surface area contributed by atoms with Crippen LogP contribution in [0.25, 0.3) is 5.65 Å². The predicted molar refractivity (Wildman–Crippen MR) is 128 cm³/mol. The van der Waals surface area contributed by atoms with Crippen LogP contribution in [0.1, 0.15) is 83.4 Å². The summed E-state index contributed by atoms with van der Waals surface area (Å²) in [6.07, 6.45) is 8.18. The predicted octanol–water partition coefficient (Wildman–Crippen LogP) is 4.32. The Bertz CT molecular complexity index is 1190. The normalized spacial score (nSPS) is 23.3. The first kappa shape index (κ1) is 21.9. The first-order chi connectivity index (χ1) is 15.9. The number of likely N-dealkylation sites (tertiary alicyclic amines) is 1. The van der Waals surface area contributed by atoms with Gasteiger partial charge in [0.1, 0.15) is 5.75 Å². The smallest absolute Gasteiger partial charge is 0.258 e. The maximum absolute atomic E-state index is 13.6. The number of carbonyl (C=O) groups excluding carboxylic acids is 1. The molecule has 3 heterocycles. The van der Waals surface area contributed by atoms with Crippen LogP contribution in [0.15, 0.2) is 30.5 Å². The third-order valence-corrected chi connectivity index (χ3v) is 7.24. The lowest BCUT2D eigenvalue weighted by Gasteiger charge is -2.35. The van der Waals surface area contributed by atoms with Crippen LogP contribution in [-0.4, -0.2) is 45.1 Å². The van der Waals surface area contributed by atoms with Crippen LogP contribution in [0.5, 0.6) is 5.75 Å². The zero-order valence-electron chi connectivity index (χ0n) is 19.8. The molecule has 7 heteroatoms. The number of amides is 1. The number of piperidine rings is 1. The number of nitrogens with two attached hydrogens (primary N) is 1. The number of aryl methyl sites for hydroxylation is 2. The molecule has 2 aliphatic rings. The van der Waals surface area contributed by atoms with Crippen molar-refractivity contribution in [1.29, 1.82) is 0 Å². The van der Waals surface area contributed by atoms with Crippen molar-refractivity contribution in [3.63, 3.8) is 0 Å². The fraction of sp³-hybridized carbons (Fsp3) is 0.500. The molecule has 3 atom stereocenters. The van der Waals surface area contributed by atoms with E-state index in [4.69, 9.17) is 20.6 Å². The van der Waals surface area contributed by atoms with E-state index in [2.05, 4.69) is 19.2 Å². The fourth-order valence-electron chi connectivity index (χ4n) is 5.51. The van der Waals surface area contributed by atoms with Gasteiger partial charge in [0.15, 0.2) is 5.65 Å². The number of hydrogen-bond donors (Lipinski definition) is 1. The molecular weight excluding hydrogens is 414 g/mol. The summed E-state index contributed by atoms with van der Waals surface area (Å²) in [7, 11) is 1.61. The van der Waals surface area contributed by atoms with Crippen molar-refractivity contribution in [3.05, 3.63) is 58.5 Å². The van der Waals surface area contributed by atoms with Gasteiger partial charge in [-0.2, -0.15) is 5.10 Å². The molecule has 33 heavy (non-hydrogen) atoms. The minimum Gasteiger partial charge on any atom is -0.496 e. The molecule has 0 spiro atoms. The Morgan fingerprint density at radius 1 is 1.15 bits per heavy atom. The van der Waals surface area contributed by atoms with E-state index in [-0.39, 0.29) is 18.0 Å². The van der Waals surface area contributed by atoms with Gasteiger partial charge in [0.05, 0.1) is 30.1 Å². The molecule has 1 saturated carbocycles. The van der Waals surface area contributed by atoms with E-state index in [1.54, 1.807) is 7.11 Å². The topological polar surface area (TPSA) is 85.8 Å². The average Bonchev–Trinajstić information content (AvgIpc) is 3.43. The second-order valence-electron chi connectivity index (χ2n) is 9.67. The molecule has 2 fully saturated rings. The van der Waals surface area contributed by atoms with E-state index in [0.717, 1.165) is 66.7 Å². The van der Waals surface area contributed by atoms with Gasteiger partial charge in [0, 0.05) is 30.8 Å². The van der Waals surface area contributed by atoms with Crippen LogP contribution in [0.2, 0.25) is 0 Å². The molecule has 1 saturated heterocycles. The van der Waals surface area contributed by atoms with Crippen molar-refractivity contribution in [1.82, 2.24) is 19.5 Å². The highest BCUT2D eigenvalue weighted by Crippen LogP contribution is 2.36. The molecular formula is C26H33N5O2. The Labute approximate surface area is 194 Å². The maximum Gasteiger partial charge on any atom is 0.258 e. The maximum atomic E-state index is 13.6. The summed E-state index contributed by atoms with van der Waals surface area (Å²) in [6.45, 7) is 4.81. The van der Waals surface area contributed by atoms with E-state index in [1.807, 2.05) is 34.5 Å². The summed E-state index contributed by atoms with van der Waals surface area (Å²) >= 11 is 0. The molecule has 2 aromatic heterocycles. The van der Waals surface area contributed by atoms with Gasteiger partial charge in [0.25, 0.3) is 5.91 Å². The highest BCUT2D eigenvalue weighted by Gasteiger charge is 2.32. The van der Waals surface area contributed by atoms with Crippen LogP contribution in [-0.2, 0) is 0 Å². The van der Waals surface area contributed by atoms with Crippen molar-refractivity contribution >= 4 is 11.6 Å². The summed E-state index contributed by atoms with van der Waals surface area (Å²) in [5.74, 6) is 1.04. The molecule has 7 nitrogen and oxygen atoms in total. The van der Waals surface area contributed by atoms with E-state index in [0.29, 0.717) is 23.8 Å². The molecule has 1 aliphatic heterocycles. The molecule has 3 aromatic rings. The minimum atomic E-state index is -0.0678. The lowest BCUT2D eigenvalue weighted by atomic mass is 9.97. The quantitative estimate of drug-likeness (QED) is 0.644. The van der Waals surface area contributed by atoms with Gasteiger partial charge in [-0.3, -0.25) is 4.79 Å². The third kappa shape index (κ3) is 4.10. The first-order valence-corrected chi connectivity index (χ1v) is 12.0. The van der Waals surface area contributed by atoms with Crippen molar-refractivity contribution in [3.8, 4) is 5.75 Å². The van der Waals surface area contributed by atoms with Crippen LogP contribution in [0.4, 0.5) is 0 Å². The second kappa shape index (κ2) is 8.78. The molecule has 1 aromatic carbocycles. The van der Waals surface area contributed by atoms with Gasteiger partial charge in [-0.1, -0.05) is 11.6 Å². The fourth-order valence-corrected chi connectivity index (χ4v) is 5.51. The number of aromatic nitrogens is 3. The lowest BCUT2D eigenvalue weighted by Crippen LogP contribution is -2.39. The Morgan fingerprint density at radius 2 is 2.00 bits per heavy atom. The number of rotatable bonds is 4. The monoisotopic (exact) mass is 447 g/mol. The summed E-state index contributed by atoms with van der Waals surface area (Å²) in [4.78, 5) is 20.6. The van der Waals surface area contributed by atoms with Gasteiger partial charge in [-0.25, -0.2) is 9.50 Å². The number of fused-ring (bicyclic) bond motifs is 1. The van der Waals surface area contributed by atoms with Crippen LogP contribution in [0.3, 0.4) is 0 Å².